The molecular formula is C14H16F2N4. The van der Waals surface area contributed by atoms with E-state index in [4.69, 9.17) is 0 Å². The Bertz CT molecular complexity index is 614. The molecule has 0 aliphatic heterocycles. The van der Waals surface area contributed by atoms with Gasteiger partial charge in [0.2, 0.25) is 0 Å². The first-order valence-electron chi connectivity index (χ1n) is 6.10. The van der Waals surface area contributed by atoms with Crippen molar-refractivity contribution in [3.8, 4) is 0 Å². The van der Waals surface area contributed by atoms with Crippen LogP contribution in [0.3, 0.4) is 0 Å². The molecule has 1 heterocycles. The molecule has 0 unspecified atom stereocenters. The summed E-state index contributed by atoms with van der Waals surface area (Å²) in [6.45, 7) is 0. The van der Waals surface area contributed by atoms with Crippen LogP contribution in [0.5, 0.6) is 0 Å². The molecule has 2 aromatic rings. The second-order valence-electron chi connectivity index (χ2n) is 4.44. The molecule has 0 radical (unpaired) electrons. The molecule has 20 heavy (non-hydrogen) atoms. The highest BCUT2D eigenvalue weighted by Crippen LogP contribution is 2.28. The number of halogens is 2. The van der Waals surface area contributed by atoms with Crippen LogP contribution in [-0.2, 0) is 0 Å². The second kappa shape index (κ2) is 5.73. The first kappa shape index (κ1) is 14.0. The van der Waals surface area contributed by atoms with Crippen molar-refractivity contribution < 1.29 is 8.78 Å². The van der Waals surface area contributed by atoms with Gasteiger partial charge < -0.3 is 15.5 Å². The van der Waals surface area contributed by atoms with Gasteiger partial charge in [-0.2, -0.15) is 0 Å². The second-order valence-corrected chi connectivity index (χ2v) is 4.44. The van der Waals surface area contributed by atoms with Crippen molar-refractivity contribution in [1.82, 2.24) is 4.98 Å². The van der Waals surface area contributed by atoms with E-state index in [0.717, 1.165) is 11.8 Å². The first-order valence-corrected chi connectivity index (χ1v) is 6.10. The standard InChI is InChI=1S/C14H16F2N4/c1-17-13-9(15)8-10(16)14(19-13)18-11-6-4-5-7-12(11)20(2)3/h4-8H,1-3H3,(H2,17,18,19). The highest BCUT2D eigenvalue weighted by molar-refractivity contribution is 5.74. The predicted octanol–water partition coefficient (Wildman–Crippen LogP) is 3.21. The highest BCUT2D eigenvalue weighted by atomic mass is 19.1. The van der Waals surface area contributed by atoms with Crippen LogP contribution in [0.1, 0.15) is 0 Å². The molecular weight excluding hydrogens is 262 g/mol. The fraction of sp³-hybridized carbons (Fsp3) is 0.214. The monoisotopic (exact) mass is 278 g/mol. The minimum Gasteiger partial charge on any atom is -0.376 e. The zero-order valence-electron chi connectivity index (χ0n) is 11.5. The van der Waals surface area contributed by atoms with Gasteiger partial charge in [0.1, 0.15) is 0 Å². The lowest BCUT2D eigenvalue weighted by atomic mass is 10.2. The summed E-state index contributed by atoms with van der Waals surface area (Å²) in [6.07, 6.45) is 0. The predicted molar refractivity (Wildman–Crippen MR) is 77.8 cm³/mol. The van der Waals surface area contributed by atoms with E-state index >= 15 is 0 Å². The number of para-hydroxylation sites is 2. The average molecular weight is 278 g/mol. The van der Waals surface area contributed by atoms with Crippen molar-refractivity contribution in [3.05, 3.63) is 42.0 Å². The third-order valence-corrected chi connectivity index (χ3v) is 2.81. The molecule has 0 saturated heterocycles. The summed E-state index contributed by atoms with van der Waals surface area (Å²) in [5.74, 6) is -1.49. The molecule has 0 bridgehead atoms. The lowest BCUT2D eigenvalue weighted by molar-refractivity contribution is 0.580. The fourth-order valence-electron chi connectivity index (χ4n) is 1.83. The number of nitrogens with zero attached hydrogens (tertiary/aromatic N) is 2. The van der Waals surface area contributed by atoms with Gasteiger partial charge >= 0.3 is 0 Å². The molecule has 0 saturated carbocycles. The van der Waals surface area contributed by atoms with Crippen molar-refractivity contribution in [3.63, 3.8) is 0 Å². The number of aromatic nitrogens is 1. The van der Waals surface area contributed by atoms with Gasteiger partial charge in [-0.1, -0.05) is 12.1 Å². The van der Waals surface area contributed by atoms with Gasteiger partial charge in [0.25, 0.3) is 0 Å². The van der Waals surface area contributed by atoms with E-state index in [2.05, 4.69) is 15.6 Å². The van der Waals surface area contributed by atoms with Crippen LogP contribution in [0.4, 0.5) is 31.8 Å². The number of rotatable bonds is 4. The Labute approximate surface area is 116 Å². The molecule has 106 valence electrons. The van der Waals surface area contributed by atoms with Gasteiger partial charge in [-0.25, -0.2) is 13.8 Å². The molecule has 0 fully saturated rings. The smallest absolute Gasteiger partial charge is 0.169 e. The molecule has 0 amide bonds. The lowest BCUT2D eigenvalue weighted by Gasteiger charge is -2.18. The summed E-state index contributed by atoms with van der Waals surface area (Å²) >= 11 is 0. The first-order chi connectivity index (χ1) is 9.52. The molecule has 1 aromatic carbocycles. The lowest BCUT2D eigenvalue weighted by Crippen LogP contribution is -2.11. The van der Waals surface area contributed by atoms with E-state index in [1.54, 1.807) is 6.07 Å². The topological polar surface area (TPSA) is 40.2 Å². The van der Waals surface area contributed by atoms with E-state index in [-0.39, 0.29) is 11.6 Å². The zero-order valence-corrected chi connectivity index (χ0v) is 11.5. The molecule has 2 rings (SSSR count). The van der Waals surface area contributed by atoms with E-state index in [1.165, 1.54) is 7.05 Å². The number of hydrogen-bond acceptors (Lipinski definition) is 4. The van der Waals surface area contributed by atoms with Crippen LogP contribution in [0.2, 0.25) is 0 Å². The van der Waals surface area contributed by atoms with Crippen molar-refractivity contribution in [2.75, 3.05) is 36.7 Å². The van der Waals surface area contributed by atoms with Crippen molar-refractivity contribution in [1.29, 1.82) is 0 Å². The molecule has 1 aromatic heterocycles. The minimum atomic E-state index is -0.741. The largest absolute Gasteiger partial charge is 0.376 e. The molecule has 6 heteroatoms. The Morgan fingerprint density at radius 1 is 1.05 bits per heavy atom. The SMILES string of the molecule is CNc1nc(Nc2ccccc2N(C)C)c(F)cc1F. The van der Waals surface area contributed by atoms with Crippen LogP contribution < -0.4 is 15.5 Å². The summed E-state index contributed by atoms with van der Waals surface area (Å²) in [5, 5.41) is 5.47. The van der Waals surface area contributed by atoms with Crippen molar-refractivity contribution in [2.45, 2.75) is 0 Å². The van der Waals surface area contributed by atoms with Gasteiger partial charge in [-0.05, 0) is 12.1 Å². The van der Waals surface area contributed by atoms with Gasteiger partial charge in [-0.3, -0.25) is 0 Å². The fourth-order valence-corrected chi connectivity index (χ4v) is 1.83. The van der Waals surface area contributed by atoms with Gasteiger partial charge in [0.05, 0.1) is 11.4 Å². The van der Waals surface area contributed by atoms with E-state index in [1.807, 2.05) is 37.2 Å². The van der Waals surface area contributed by atoms with Crippen LogP contribution in [-0.4, -0.2) is 26.1 Å². The Balaban J connectivity index is 2.40. The number of benzene rings is 1. The summed E-state index contributed by atoms with van der Waals surface area (Å²) in [6, 6.07) is 8.21. The molecule has 4 nitrogen and oxygen atoms in total. The van der Waals surface area contributed by atoms with E-state index in [0.29, 0.717) is 5.69 Å². The number of nitrogens with one attached hydrogen (secondary N) is 2. The van der Waals surface area contributed by atoms with Crippen LogP contribution in [0, 0.1) is 11.6 Å². The Morgan fingerprint density at radius 3 is 2.35 bits per heavy atom. The van der Waals surface area contributed by atoms with Gasteiger partial charge in [0, 0.05) is 27.2 Å². The Hall–Kier alpha value is -2.37. The zero-order chi connectivity index (χ0) is 14.7. The normalized spacial score (nSPS) is 10.2. The molecule has 2 N–H and O–H groups in total. The minimum absolute atomic E-state index is 0.00349. The molecule has 0 aliphatic rings. The highest BCUT2D eigenvalue weighted by Gasteiger charge is 2.12. The Kier molecular flexibility index (Phi) is 4.02. The summed E-state index contributed by atoms with van der Waals surface area (Å²) in [7, 11) is 5.29. The third kappa shape index (κ3) is 2.79. The van der Waals surface area contributed by atoms with E-state index in [9.17, 15) is 8.78 Å². The molecule has 0 aliphatic carbocycles. The quantitative estimate of drug-likeness (QED) is 0.901. The number of pyridine rings is 1. The van der Waals surface area contributed by atoms with Gasteiger partial charge in [0.15, 0.2) is 23.3 Å². The van der Waals surface area contributed by atoms with Gasteiger partial charge in [-0.15, -0.1) is 0 Å². The maximum Gasteiger partial charge on any atom is 0.169 e. The van der Waals surface area contributed by atoms with Crippen molar-refractivity contribution in [2.24, 2.45) is 0 Å². The molecule has 0 atom stereocenters. The number of hydrogen-bond donors (Lipinski definition) is 2. The average Bonchev–Trinajstić information content (AvgIpc) is 2.42. The summed E-state index contributed by atoms with van der Waals surface area (Å²) in [5.41, 5.74) is 1.57. The third-order valence-electron chi connectivity index (χ3n) is 2.81. The summed E-state index contributed by atoms with van der Waals surface area (Å²) in [4.78, 5) is 5.79. The van der Waals surface area contributed by atoms with Crippen LogP contribution in [0.25, 0.3) is 0 Å². The molecule has 0 spiro atoms. The summed E-state index contributed by atoms with van der Waals surface area (Å²) < 4.78 is 27.2. The van der Waals surface area contributed by atoms with Crippen LogP contribution in [0.15, 0.2) is 30.3 Å². The van der Waals surface area contributed by atoms with Crippen LogP contribution >= 0.6 is 0 Å². The Morgan fingerprint density at radius 2 is 1.70 bits per heavy atom. The maximum atomic E-state index is 13.8. The van der Waals surface area contributed by atoms with E-state index < -0.39 is 11.6 Å². The van der Waals surface area contributed by atoms with Crippen molar-refractivity contribution >= 4 is 23.0 Å². The number of anilines is 4. The maximum absolute atomic E-state index is 13.8.